The van der Waals surface area contributed by atoms with E-state index in [1.54, 1.807) is 0 Å². The van der Waals surface area contributed by atoms with Crippen LogP contribution in [0.1, 0.15) is 44.2 Å². The standard InChI is InChI=1S/C25H27N5O/c31-23(27-25-12-17(13-25)14-25)29-9-7-24(16-29)6-3-8-30-22(24)11-21(28-30)19-10-18-4-1-2-5-20(18)26-15-19/h1-2,4-5,10-11,15,17H,3,6-9,12-14,16H2,(H,27,31). The van der Waals surface area contributed by atoms with Gasteiger partial charge in [0.1, 0.15) is 0 Å². The number of rotatable bonds is 2. The number of fused-ring (bicyclic) bond motifs is 3. The molecule has 2 amide bonds. The van der Waals surface area contributed by atoms with Gasteiger partial charge in [-0.15, -0.1) is 0 Å². The number of carbonyl (C=O) groups excluding carboxylic acids is 1. The van der Waals surface area contributed by atoms with Gasteiger partial charge in [-0.2, -0.15) is 5.10 Å². The Balaban J connectivity index is 1.17. The van der Waals surface area contributed by atoms with Crippen molar-refractivity contribution in [2.45, 2.75) is 56.0 Å². The van der Waals surface area contributed by atoms with Crippen molar-refractivity contribution < 1.29 is 4.79 Å². The van der Waals surface area contributed by atoms with E-state index in [-0.39, 0.29) is 17.0 Å². The molecule has 1 aromatic carbocycles. The van der Waals surface area contributed by atoms with Gasteiger partial charge in [-0.05, 0) is 62.6 Å². The molecule has 8 rings (SSSR count). The molecular weight excluding hydrogens is 386 g/mol. The summed E-state index contributed by atoms with van der Waals surface area (Å²) < 4.78 is 2.19. The van der Waals surface area contributed by atoms with Gasteiger partial charge >= 0.3 is 6.03 Å². The van der Waals surface area contributed by atoms with Crippen molar-refractivity contribution in [3.8, 4) is 11.3 Å². The molecule has 31 heavy (non-hydrogen) atoms. The third-order valence-corrected chi connectivity index (χ3v) is 8.29. The average molecular weight is 414 g/mol. The number of amides is 2. The van der Waals surface area contributed by atoms with Crippen LogP contribution in [0.15, 0.2) is 42.6 Å². The smallest absolute Gasteiger partial charge is 0.317 e. The maximum absolute atomic E-state index is 13.0. The van der Waals surface area contributed by atoms with E-state index in [1.165, 1.54) is 25.0 Å². The van der Waals surface area contributed by atoms with Gasteiger partial charge in [0.25, 0.3) is 0 Å². The first-order valence-electron chi connectivity index (χ1n) is 11.6. The van der Waals surface area contributed by atoms with Crippen LogP contribution in [0.2, 0.25) is 0 Å². The maximum Gasteiger partial charge on any atom is 0.317 e. The van der Waals surface area contributed by atoms with Crippen molar-refractivity contribution in [1.29, 1.82) is 0 Å². The lowest BCUT2D eigenvalue weighted by molar-refractivity contribution is -0.0429. The predicted molar refractivity (Wildman–Crippen MR) is 119 cm³/mol. The van der Waals surface area contributed by atoms with Crippen molar-refractivity contribution in [3.63, 3.8) is 0 Å². The highest BCUT2D eigenvalue weighted by molar-refractivity contribution is 5.83. The second kappa shape index (κ2) is 6.09. The lowest BCUT2D eigenvalue weighted by atomic mass is 9.50. The minimum atomic E-state index is 0.0323. The van der Waals surface area contributed by atoms with Crippen LogP contribution in [-0.4, -0.2) is 44.3 Å². The minimum absolute atomic E-state index is 0.0323. The Morgan fingerprint density at radius 2 is 1.97 bits per heavy atom. The van der Waals surface area contributed by atoms with Crippen molar-refractivity contribution in [2.24, 2.45) is 5.92 Å². The van der Waals surface area contributed by atoms with Crippen LogP contribution in [0.5, 0.6) is 0 Å². The monoisotopic (exact) mass is 413 g/mol. The van der Waals surface area contributed by atoms with E-state index < -0.39 is 0 Å². The highest BCUT2D eigenvalue weighted by Crippen LogP contribution is 2.57. The molecule has 6 heteroatoms. The zero-order valence-electron chi connectivity index (χ0n) is 17.7. The fraction of sp³-hybridized carbons (Fsp3) is 0.480. The van der Waals surface area contributed by atoms with E-state index in [0.717, 1.165) is 67.0 Å². The Bertz CT molecular complexity index is 1200. The van der Waals surface area contributed by atoms with E-state index in [2.05, 4.69) is 38.1 Å². The summed E-state index contributed by atoms with van der Waals surface area (Å²) in [6, 6.07) is 12.8. The third kappa shape index (κ3) is 2.60. The number of urea groups is 1. The molecule has 1 N–H and O–H groups in total. The van der Waals surface area contributed by atoms with Gasteiger partial charge < -0.3 is 10.2 Å². The number of hydrogen-bond donors (Lipinski definition) is 1. The van der Waals surface area contributed by atoms with Gasteiger partial charge in [-0.25, -0.2) is 4.79 Å². The molecule has 4 fully saturated rings. The quantitative estimate of drug-likeness (QED) is 0.688. The topological polar surface area (TPSA) is 63.1 Å². The summed E-state index contributed by atoms with van der Waals surface area (Å²) in [5, 5.41) is 9.45. The third-order valence-electron chi connectivity index (χ3n) is 8.29. The SMILES string of the molecule is O=C(NC12CC(C1)C2)N1CCC2(CCCn3nc(-c4cnc5ccccc5c4)cc32)C1. The molecule has 2 bridgehead atoms. The first-order valence-corrected chi connectivity index (χ1v) is 11.6. The van der Waals surface area contributed by atoms with Crippen LogP contribution in [0, 0.1) is 5.92 Å². The van der Waals surface area contributed by atoms with E-state index in [4.69, 9.17) is 5.10 Å². The highest BCUT2D eigenvalue weighted by atomic mass is 16.2. The van der Waals surface area contributed by atoms with Gasteiger partial charge in [0, 0.05) is 53.4 Å². The van der Waals surface area contributed by atoms with Crippen molar-refractivity contribution >= 4 is 16.9 Å². The summed E-state index contributed by atoms with van der Waals surface area (Å²) in [6.07, 6.45) is 8.77. The molecule has 3 aliphatic carbocycles. The summed E-state index contributed by atoms with van der Waals surface area (Å²) in [6.45, 7) is 2.59. The molecule has 1 saturated heterocycles. The lowest BCUT2D eigenvalue weighted by Gasteiger charge is -2.62. The number of aryl methyl sites for hydroxylation is 1. The number of nitrogens with one attached hydrogen (secondary N) is 1. The zero-order valence-corrected chi connectivity index (χ0v) is 17.7. The van der Waals surface area contributed by atoms with Gasteiger partial charge in [-0.3, -0.25) is 9.67 Å². The second-order valence-electron chi connectivity index (χ2n) is 10.3. The number of hydrogen-bond acceptors (Lipinski definition) is 3. The number of carbonyl (C=O) groups is 1. The largest absolute Gasteiger partial charge is 0.333 e. The van der Waals surface area contributed by atoms with Gasteiger partial charge in [0.05, 0.1) is 11.2 Å². The summed E-state index contributed by atoms with van der Waals surface area (Å²) in [4.78, 5) is 19.6. The van der Waals surface area contributed by atoms with Crippen LogP contribution in [0.25, 0.3) is 22.2 Å². The molecule has 3 aromatic rings. The molecular formula is C25H27N5O. The maximum atomic E-state index is 13.0. The Morgan fingerprint density at radius 3 is 2.81 bits per heavy atom. The molecule has 4 heterocycles. The first kappa shape index (κ1) is 17.8. The molecule has 158 valence electrons. The second-order valence-corrected chi connectivity index (χ2v) is 10.3. The van der Waals surface area contributed by atoms with Crippen LogP contribution in [-0.2, 0) is 12.0 Å². The molecule has 1 spiro atoms. The molecule has 2 aliphatic heterocycles. The van der Waals surface area contributed by atoms with Crippen LogP contribution in [0.3, 0.4) is 0 Å². The normalized spacial score (nSPS) is 30.7. The number of likely N-dealkylation sites (tertiary alicyclic amines) is 1. The Hall–Kier alpha value is -2.89. The number of benzene rings is 1. The molecule has 0 radical (unpaired) electrons. The van der Waals surface area contributed by atoms with E-state index in [1.807, 2.05) is 24.4 Å². The zero-order chi connectivity index (χ0) is 20.6. The van der Waals surface area contributed by atoms with Crippen LogP contribution in [0.4, 0.5) is 4.79 Å². The molecule has 6 nitrogen and oxygen atoms in total. The van der Waals surface area contributed by atoms with Gasteiger partial charge in [-0.1, -0.05) is 18.2 Å². The molecule has 5 aliphatic rings. The van der Waals surface area contributed by atoms with Crippen molar-refractivity contribution in [3.05, 3.63) is 48.3 Å². The van der Waals surface area contributed by atoms with E-state index in [0.29, 0.717) is 0 Å². The summed E-state index contributed by atoms with van der Waals surface area (Å²) in [7, 11) is 0. The van der Waals surface area contributed by atoms with Gasteiger partial charge in [0.15, 0.2) is 0 Å². The summed E-state index contributed by atoms with van der Waals surface area (Å²) >= 11 is 0. The van der Waals surface area contributed by atoms with Crippen molar-refractivity contribution in [2.75, 3.05) is 13.1 Å². The molecule has 1 atom stereocenters. The van der Waals surface area contributed by atoms with Crippen LogP contribution < -0.4 is 5.32 Å². The Labute approximate surface area is 181 Å². The number of aromatic nitrogens is 3. The molecule has 3 saturated carbocycles. The molecule has 1 unspecified atom stereocenters. The average Bonchev–Trinajstić information content (AvgIpc) is 3.36. The number of para-hydroxylation sites is 1. The lowest BCUT2D eigenvalue weighted by Crippen LogP contribution is -2.69. The van der Waals surface area contributed by atoms with E-state index in [9.17, 15) is 4.79 Å². The predicted octanol–water partition coefficient (Wildman–Crippen LogP) is 4.10. The number of nitrogens with zero attached hydrogens (tertiary/aromatic N) is 4. The number of pyridine rings is 1. The van der Waals surface area contributed by atoms with Crippen LogP contribution >= 0.6 is 0 Å². The molecule has 2 aromatic heterocycles. The minimum Gasteiger partial charge on any atom is -0.333 e. The summed E-state index contributed by atoms with van der Waals surface area (Å²) in [5.41, 5.74) is 4.53. The Morgan fingerprint density at radius 1 is 1.10 bits per heavy atom. The Kier molecular flexibility index (Phi) is 3.49. The summed E-state index contributed by atoms with van der Waals surface area (Å²) in [5.74, 6) is 0.876. The highest BCUT2D eigenvalue weighted by Gasteiger charge is 2.58. The van der Waals surface area contributed by atoms with Gasteiger partial charge in [0.2, 0.25) is 0 Å². The van der Waals surface area contributed by atoms with E-state index >= 15 is 0 Å². The fourth-order valence-electron chi connectivity index (χ4n) is 6.46. The fourth-order valence-corrected chi connectivity index (χ4v) is 6.46. The van der Waals surface area contributed by atoms with Crippen molar-refractivity contribution in [1.82, 2.24) is 25.0 Å². The first-order chi connectivity index (χ1) is 15.1.